The molecule has 1 fully saturated rings. The van der Waals surface area contributed by atoms with Crippen LogP contribution in [0.2, 0.25) is 0 Å². The Hall–Kier alpha value is -4.00. The Morgan fingerprint density at radius 1 is 1.10 bits per heavy atom. The standard InChI is InChI=1S/C25H18FN3O2/c26-21-6-2-1-4-18(21)10-7-17-8-11-19(12-9-17)24-22(14-27)29(23(24)16-30)25(31)20-5-3-13-28-15-20/h1-6,8-9,11-13,15,22-24,30H,16H2/t22-,23+,24-/m0/s1. The normalized spacial score (nSPS) is 19.5. The second kappa shape index (κ2) is 8.79. The minimum atomic E-state index is -0.694. The molecule has 2 heterocycles. The number of pyridine rings is 1. The molecule has 1 N–H and O–H groups in total. The van der Waals surface area contributed by atoms with E-state index in [-0.39, 0.29) is 24.2 Å². The lowest BCUT2D eigenvalue weighted by Crippen LogP contribution is -2.65. The van der Waals surface area contributed by atoms with Crippen LogP contribution in [0.5, 0.6) is 0 Å². The quantitative estimate of drug-likeness (QED) is 0.672. The first-order valence-electron chi connectivity index (χ1n) is 9.73. The second-order valence-corrected chi connectivity index (χ2v) is 7.16. The van der Waals surface area contributed by atoms with E-state index in [1.165, 1.54) is 17.2 Å². The number of carbonyl (C=O) groups is 1. The molecular weight excluding hydrogens is 393 g/mol. The van der Waals surface area contributed by atoms with Gasteiger partial charge in [0.05, 0.1) is 29.8 Å². The average Bonchev–Trinajstić information content (AvgIpc) is 2.80. The highest BCUT2D eigenvalue weighted by molar-refractivity contribution is 5.95. The van der Waals surface area contributed by atoms with Crippen LogP contribution in [0.15, 0.2) is 73.1 Å². The molecule has 0 bridgehead atoms. The van der Waals surface area contributed by atoms with Crippen molar-refractivity contribution in [2.24, 2.45) is 0 Å². The third-order valence-corrected chi connectivity index (χ3v) is 5.38. The van der Waals surface area contributed by atoms with Gasteiger partial charge in [0.1, 0.15) is 11.9 Å². The van der Waals surface area contributed by atoms with Gasteiger partial charge in [0.2, 0.25) is 0 Å². The highest BCUT2D eigenvalue weighted by Crippen LogP contribution is 2.41. The van der Waals surface area contributed by atoms with E-state index in [9.17, 15) is 19.6 Å². The number of rotatable bonds is 3. The number of amides is 1. The third-order valence-electron chi connectivity index (χ3n) is 5.38. The largest absolute Gasteiger partial charge is 0.394 e. The summed E-state index contributed by atoms with van der Waals surface area (Å²) in [6.07, 6.45) is 3.01. The molecule has 0 radical (unpaired) electrons. The summed E-state index contributed by atoms with van der Waals surface area (Å²) in [5.74, 6) is 4.72. The van der Waals surface area contributed by atoms with Gasteiger partial charge in [-0.05, 0) is 42.0 Å². The summed E-state index contributed by atoms with van der Waals surface area (Å²) in [7, 11) is 0. The van der Waals surface area contributed by atoms with Crippen LogP contribution in [0.3, 0.4) is 0 Å². The van der Waals surface area contributed by atoms with E-state index in [2.05, 4.69) is 22.9 Å². The van der Waals surface area contributed by atoms with Crippen LogP contribution >= 0.6 is 0 Å². The molecule has 1 saturated heterocycles. The molecule has 0 aliphatic carbocycles. The summed E-state index contributed by atoms with van der Waals surface area (Å²) in [6, 6.07) is 17.8. The molecule has 31 heavy (non-hydrogen) atoms. The fourth-order valence-corrected chi connectivity index (χ4v) is 3.82. The molecule has 0 saturated carbocycles. The van der Waals surface area contributed by atoms with Gasteiger partial charge in [-0.3, -0.25) is 9.78 Å². The van der Waals surface area contributed by atoms with Crippen molar-refractivity contribution in [1.29, 1.82) is 5.26 Å². The number of aromatic nitrogens is 1. The molecular formula is C25H18FN3O2. The van der Waals surface area contributed by atoms with Crippen LogP contribution < -0.4 is 0 Å². The average molecular weight is 411 g/mol. The summed E-state index contributed by atoms with van der Waals surface area (Å²) in [6.45, 7) is -0.260. The monoisotopic (exact) mass is 411 g/mol. The lowest BCUT2D eigenvalue weighted by molar-refractivity contribution is -0.00588. The number of aliphatic hydroxyl groups is 1. The molecule has 6 heteroatoms. The number of likely N-dealkylation sites (tertiary alicyclic amines) is 1. The molecule has 3 aromatic rings. The zero-order valence-electron chi connectivity index (χ0n) is 16.4. The number of carbonyl (C=O) groups excluding carboxylic acids is 1. The maximum Gasteiger partial charge on any atom is 0.256 e. The Labute approximate surface area is 179 Å². The molecule has 5 nitrogen and oxygen atoms in total. The zero-order chi connectivity index (χ0) is 21.8. The molecule has 1 aromatic heterocycles. The van der Waals surface area contributed by atoms with Crippen molar-refractivity contribution < 1.29 is 14.3 Å². The van der Waals surface area contributed by atoms with Crippen LogP contribution in [-0.2, 0) is 0 Å². The first-order valence-corrected chi connectivity index (χ1v) is 9.73. The predicted molar refractivity (Wildman–Crippen MR) is 112 cm³/mol. The number of benzene rings is 2. The lowest BCUT2D eigenvalue weighted by Gasteiger charge is -2.51. The van der Waals surface area contributed by atoms with Crippen molar-refractivity contribution >= 4 is 5.91 Å². The number of hydrogen-bond acceptors (Lipinski definition) is 4. The van der Waals surface area contributed by atoms with E-state index in [0.29, 0.717) is 16.7 Å². The smallest absolute Gasteiger partial charge is 0.256 e. The molecule has 1 amide bonds. The third kappa shape index (κ3) is 3.90. The Morgan fingerprint density at radius 2 is 1.87 bits per heavy atom. The fraction of sp³-hybridized carbons (Fsp3) is 0.160. The predicted octanol–water partition coefficient (Wildman–Crippen LogP) is 3.11. The number of aliphatic hydroxyl groups excluding tert-OH is 1. The van der Waals surface area contributed by atoms with Gasteiger partial charge in [0.15, 0.2) is 0 Å². The van der Waals surface area contributed by atoms with Crippen molar-refractivity contribution in [3.63, 3.8) is 0 Å². The SMILES string of the molecule is N#C[C@H]1[C@H](c2ccc(C#Cc3ccccc3F)cc2)[C@@H](CO)N1C(=O)c1cccnc1. The molecule has 0 spiro atoms. The topological polar surface area (TPSA) is 77.2 Å². The van der Waals surface area contributed by atoms with Crippen molar-refractivity contribution in [3.8, 4) is 17.9 Å². The first-order chi connectivity index (χ1) is 15.1. The highest BCUT2D eigenvalue weighted by Gasteiger charge is 2.51. The molecule has 2 aromatic carbocycles. The van der Waals surface area contributed by atoms with Crippen LogP contribution in [0, 0.1) is 29.0 Å². The Balaban J connectivity index is 1.55. The van der Waals surface area contributed by atoms with E-state index in [1.54, 1.807) is 48.7 Å². The van der Waals surface area contributed by atoms with E-state index >= 15 is 0 Å². The zero-order valence-corrected chi connectivity index (χ0v) is 16.4. The van der Waals surface area contributed by atoms with Crippen molar-refractivity contribution in [3.05, 3.63) is 101 Å². The first kappa shape index (κ1) is 20.3. The van der Waals surface area contributed by atoms with Gasteiger partial charge >= 0.3 is 0 Å². The van der Waals surface area contributed by atoms with Gasteiger partial charge < -0.3 is 10.0 Å². The molecule has 3 atom stereocenters. The number of hydrogen-bond donors (Lipinski definition) is 1. The molecule has 0 unspecified atom stereocenters. The fourth-order valence-electron chi connectivity index (χ4n) is 3.82. The van der Waals surface area contributed by atoms with Crippen LogP contribution in [-0.4, -0.2) is 39.6 Å². The Kier molecular flexibility index (Phi) is 5.75. The summed E-state index contributed by atoms with van der Waals surface area (Å²) < 4.78 is 13.7. The maximum absolute atomic E-state index is 13.7. The van der Waals surface area contributed by atoms with Crippen LogP contribution in [0.1, 0.15) is 33.0 Å². The van der Waals surface area contributed by atoms with Gasteiger partial charge in [0.25, 0.3) is 5.91 Å². The molecule has 1 aliphatic heterocycles. The van der Waals surface area contributed by atoms with Crippen LogP contribution in [0.4, 0.5) is 4.39 Å². The summed E-state index contributed by atoms with van der Waals surface area (Å²) >= 11 is 0. The number of halogens is 1. The number of nitrogens with zero attached hydrogens (tertiary/aromatic N) is 3. The minimum absolute atomic E-state index is 0.260. The van der Waals surface area contributed by atoms with Crippen molar-refractivity contribution in [2.75, 3.05) is 6.61 Å². The van der Waals surface area contributed by atoms with Gasteiger partial charge in [-0.1, -0.05) is 36.1 Å². The molecule has 4 rings (SSSR count). The van der Waals surface area contributed by atoms with Crippen LogP contribution in [0.25, 0.3) is 0 Å². The number of nitriles is 1. The van der Waals surface area contributed by atoms with E-state index in [0.717, 1.165) is 5.56 Å². The van der Waals surface area contributed by atoms with Gasteiger partial charge in [-0.2, -0.15) is 5.26 Å². The summed E-state index contributed by atoms with van der Waals surface area (Å²) in [4.78, 5) is 18.2. The van der Waals surface area contributed by atoms with Gasteiger partial charge in [0, 0.05) is 23.9 Å². The highest BCUT2D eigenvalue weighted by atomic mass is 19.1. The Morgan fingerprint density at radius 3 is 2.52 bits per heavy atom. The lowest BCUT2D eigenvalue weighted by atomic mass is 9.75. The van der Waals surface area contributed by atoms with E-state index in [4.69, 9.17) is 0 Å². The molecule has 1 aliphatic rings. The Bertz CT molecular complexity index is 1190. The van der Waals surface area contributed by atoms with E-state index in [1.807, 2.05) is 12.1 Å². The second-order valence-electron chi connectivity index (χ2n) is 7.16. The maximum atomic E-state index is 13.7. The van der Waals surface area contributed by atoms with Gasteiger partial charge in [-0.25, -0.2) is 4.39 Å². The van der Waals surface area contributed by atoms with E-state index < -0.39 is 12.1 Å². The van der Waals surface area contributed by atoms with Crippen molar-refractivity contribution in [1.82, 2.24) is 9.88 Å². The summed E-state index contributed by atoms with van der Waals surface area (Å²) in [5.41, 5.74) is 2.22. The van der Waals surface area contributed by atoms with Gasteiger partial charge in [-0.15, -0.1) is 0 Å². The molecule has 152 valence electrons. The van der Waals surface area contributed by atoms with Crippen molar-refractivity contribution in [2.45, 2.75) is 18.0 Å². The summed E-state index contributed by atoms with van der Waals surface area (Å²) in [5, 5.41) is 19.6. The minimum Gasteiger partial charge on any atom is -0.394 e.